The highest BCUT2D eigenvalue weighted by Crippen LogP contribution is 2.32. The fourth-order valence-electron chi connectivity index (χ4n) is 2.38. The number of nitrogens with one attached hydrogen (secondary N) is 1. The van der Waals surface area contributed by atoms with Crippen LogP contribution < -0.4 is 10.1 Å². The molecule has 0 aliphatic rings. The molecular formula is C16H15NO3. The van der Waals surface area contributed by atoms with Crippen LogP contribution >= 0.6 is 0 Å². The van der Waals surface area contributed by atoms with E-state index < -0.39 is 0 Å². The first kappa shape index (κ1) is 12.5. The van der Waals surface area contributed by atoms with Gasteiger partial charge < -0.3 is 14.5 Å². The van der Waals surface area contributed by atoms with E-state index >= 15 is 0 Å². The SMILES string of the molecule is COc1ccc2ccc3occ(CNC(C)=O)c3c2c1. The number of furan rings is 1. The highest BCUT2D eigenvalue weighted by molar-refractivity contribution is 6.08. The summed E-state index contributed by atoms with van der Waals surface area (Å²) in [5.74, 6) is 0.744. The molecule has 1 aromatic heterocycles. The molecule has 20 heavy (non-hydrogen) atoms. The topological polar surface area (TPSA) is 51.5 Å². The van der Waals surface area contributed by atoms with E-state index in [0.717, 1.165) is 33.1 Å². The van der Waals surface area contributed by atoms with Crippen molar-refractivity contribution in [3.05, 3.63) is 42.2 Å². The van der Waals surface area contributed by atoms with Gasteiger partial charge in [0.05, 0.1) is 13.4 Å². The van der Waals surface area contributed by atoms with Crippen molar-refractivity contribution in [2.24, 2.45) is 0 Å². The van der Waals surface area contributed by atoms with E-state index in [4.69, 9.17) is 9.15 Å². The van der Waals surface area contributed by atoms with E-state index in [1.165, 1.54) is 6.92 Å². The van der Waals surface area contributed by atoms with Crippen LogP contribution in [0.4, 0.5) is 0 Å². The first-order valence-corrected chi connectivity index (χ1v) is 6.40. The molecule has 0 aliphatic heterocycles. The summed E-state index contributed by atoms with van der Waals surface area (Å²) in [6.45, 7) is 1.96. The zero-order valence-corrected chi connectivity index (χ0v) is 11.4. The Balaban J connectivity index is 2.21. The van der Waals surface area contributed by atoms with E-state index in [9.17, 15) is 4.79 Å². The van der Waals surface area contributed by atoms with Crippen molar-refractivity contribution in [2.75, 3.05) is 7.11 Å². The van der Waals surface area contributed by atoms with E-state index in [-0.39, 0.29) is 5.91 Å². The Bertz CT molecular complexity index is 789. The van der Waals surface area contributed by atoms with Gasteiger partial charge in [0, 0.05) is 24.4 Å². The second kappa shape index (κ2) is 4.89. The minimum Gasteiger partial charge on any atom is -0.497 e. The molecule has 0 saturated heterocycles. The first-order chi connectivity index (χ1) is 9.69. The Morgan fingerprint density at radius 2 is 2.10 bits per heavy atom. The monoisotopic (exact) mass is 269 g/mol. The summed E-state index contributed by atoms with van der Waals surface area (Å²) in [6, 6.07) is 9.90. The summed E-state index contributed by atoms with van der Waals surface area (Å²) in [6.07, 6.45) is 1.69. The lowest BCUT2D eigenvalue weighted by Crippen LogP contribution is -2.18. The Hall–Kier alpha value is -2.49. The number of ether oxygens (including phenoxy) is 1. The summed E-state index contributed by atoms with van der Waals surface area (Å²) in [5.41, 5.74) is 1.78. The van der Waals surface area contributed by atoms with Gasteiger partial charge in [0.1, 0.15) is 11.3 Å². The number of benzene rings is 2. The molecule has 0 spiro atoms. The standard InChI is InChI=1S/C16H15NO3/c1-10(18)17-8-12-9-20-15-6-4-11-3-5-13(19-2)7-14(11)16(12)15/h3-7,9H,8H2,1-2H3,(H,17,18). The van der Waals surface area contributed by atoms with Gasteiger partial charge in [-0.3, -0.25) is 4.79 Å². The molecule has 0 bridgehead atoms. The van der Waals surface area contributed by atoms with Crippen LogP contribution in [0.1, 0.15) is 12.5 Å². The van der Waals surface area contributed by atoms with Gasteiger partial charge in [-0.25, -0.2) is 0 Å². The molecule has 4 nitrogen and oxygen atoms in total. The van der Waals surface area contributed by atoms with Gasteiger partial charge in [-0.15, -0.1) is 0 Å². The quantitative estimate of drug-likeness (QED) is 0.794. The fourth-order valence-corrected chi connectivity index (χ4v) is 2.38. The molecule has 3 aromatic rings. The predicted molar refractivity (Wildman–Crippen MR) is 77.8 cm³/mol. The largest absolute Gasteiger partial charge is 0.497 e. The smallest absolute Gasteiger partial charge is 0.217 e. The van der Waals surface area contributed by atoms with Gasteiger partial charge >= 0.3 is 0 Å². The number of carbonyl (C=O) groups excluding carboxylic acids is 1. The second-order valence-corrected chi connectivity index (χ2v) is 4.70. The third-order valence-electron chi connectivity index (χ3n) is 3.37. The van der Waals surface area contributed by atoms with Crippen LogP contribution in [0.5, 0.6) is 5.75 Å². The van der Waals surface area contributed by atoms with Crippen LogP contribution in [0.3, 0.4) is 0 Å². The van der Waals surface area contributed by atoms with Crippen LogP contribution in [0.15, 0.2) is 41.0 Å². The molecule has 0 atom stereocenters. The third kappa shape index (κ3) is 2.09. The fraction of sp³-hybridized carbons (Fsp3) is 0.188. The lowest BCUT2D eigenvalue weighted by atomic mass is 10.0. The molecule has 0 radical (unpaired) electrons. The number of fused-ring (bicyclic) bond motifs is 3. The van der Waals surface area contributed by atoms with Crippen molar-refractivity contribution in [1.82, 2.24) is 5.32 Å². The lowest BCUT2D eigenvalue weighted by Gasteiger charge is -2.05. The number of hydrogen-bond donors (Lipinski definition) is 1. The Kier molecular flexibility index (Phi) is 3.06. The second-order valence-electron chi connectivity index (χ2n) is 4.70. The van der Waals surface area contributed by atoms with Crippen molar-refractivity contribution in [1.29, 1.82) is 0 Å². The average Bonchev–Trinajstić information content (AvgIpc) is 2.88. The summed E-state index contributed by atoms with van der Waals surface area (Å²) in [5, 5.41) is 6.01. The van der Waals surface area contributed by atoms with Crippen molar-refractivity contribution in [3.8, 4) is 5.75 Å². The molecule has 1 heterocycles. The molecule has 3 rings (SSSR count). The maximum atomic E-state index is 11.1. The highest BCUT2D eigenvalue weighted by atomic mass is 16.5. The zero-order chi connectivity index (χ0) is 14.1. The molecule has 0 aliphatic carbocycles. The van der Waals surface area contributed by atoms with Crippen LogP contribution in [-0.4, -0.2) is 13.0 Å². The van der Waals surface area contributed by atoms with Crippen molar-refractivity contribution in [3.63, 3.8) is 0 Å². The van der Waals surface area contributed by atoms with E-state index in [1.807, 2.05) is 30.3 Å². The minimum atomic E-state index is -0.0582. The molecule has 0 saturated carbocycles. The van der Waals surface area contributed by atoms with Crippen LogP contribution in [0, 0.1) is 0 Å². The lowest BCUT2D eigenvalue weighted by molar-refractivity contribution is -0.119. The summed E-state index contributed by atoms with van der Waals surface area (Å²) in [7, 11) is 1.65. The van der Waals surface area contributed by atoms with E-state index in [1.54, 1.807) is 13.4 Å². The normalized spacial score (nSPS) is 10.9. The molecule has 0 unspecified atom stereocenters. The molecule has 0 fully saturated rings. The van der Waals surface area contributed by atoms with Gasteiger partial charge in [0.2, 0.25) is 5.91 Å². The highest BCUT2D eigenvalue weighted by Gasteiger charge is 2.11. The maximum Gasteiger partial charge on any atom is 0.217 e. The number of hydrogen-bond acceptors (Lipinski definition) is 3. The van der Waals surface area contributed by atoms with Crippen molar-refractivity contribution in [2.45, 2.75) is 13.5 Å². The van der Waals surface area contributed by atoms with Gasteiger partial charge in [0.25, 0.3) is 0 Å². The van der Waals surface area contributed by atoms with Crippen molar-refractivity contribution >= 4 is 27.6 Å². The molecule has 1 N–H and O–H groups in total. The third-order valence-corrected chi connectivity index (χ3v) is 3.37. The van der Waals surface area contributed by atoms with Gasteiger partial charge in [0.15, 0.2) is 0 Å². The first-order valence-electron chi connectivity index (χ1n) is 6.40. The summed E-state index contributed by atoms with van der Waals surface area (Å²) in [4.78, 5) is 11.1. The predicted octanol–water partition coefficient (Wildman–Crippen LogP) is 3.23. The van der Waals surface area contributed by atoms with Gasteiger partial charge in [-0.2, -0.15) is 0 Å². The van der Waals surface area contributed by atoms with Crippen LogP contribution in [-0.2, 0) is 11.3 Å². The molecule has 102 valence electrons. The van der Waals surface area contributed by atoms with Crippen molar-refractivity contribution < 1.29 is 13.9 Å². The van der Waals surface area contributed by atoms with Crippen LogP contribution in [0.25, 0.3) is 21.7 Å². The minimum absolute atomic E-state index is 0.0582. The van der Waals surface area contributed by atoms with E-state index in [2.05, 4.69) is 5.32 Å². The number of methoxy groups -OCH3 is 1. The molecular weight excluding hydrogens is 254 g/mol. The molecule has 2 aromatic carbocycles. The molecule has 4 heteroatoms. The Morgan fingerprint density at radius 3 is 2.85 bits per heavy atom. The molecule has 1 amide bonds. The summed E-state index contributed by atoms with van der Waals surface area (Å²) < 4.78 is 10.9. The maximum absolute atomic E-state index is 11.1. The van der Waals surface area contributed by atoms with Gasteiger partial charge in [-0.1, -0.05) is 12.1 Å². The van der Waals surface area contributed by atoms with Gasteiger partial charge in [-0.05, 0) is 29.0 Å². The zero-order valence-electron chi connectivity index (χ0n) is 11.4. The van der Waals surface area contributed by atoms with Crippen LogP contribution in [0.2, 0.25) is 0 Å². The number of amides is 1. The Morgan fingerprint density at radius 1 is 1.30 bits per heavy atom. The number of carbonyl (C=O) groups is 1. The Labute approximate surface area is 116 Å². The number of rotatable bonds is 3. The van der Waals surface area contributed by atoms with E-state index in [0.29, 0.717) is 6.54 Å². The summed E-state index contributed by atoms with van der Waals surface area (Å²) >= 11 is 0. The average molecular weight is 269 g/mol.